The molecule has 0 spiro atoms. The predicted octanol–water partition coefficient (Wildman–Crippen LogP) is 5.80. The molecular weight excluding hydrogens is 454 g/mol. The van der Waals surface area contributed by atoms with Crippen LogP contribution in [0.5, 0.6) is 5.75 Å². The third kappa shape index (κ3) is 4.31. The number of fused-ring (bicyclic) bond motifs is 3. The topological polar surface area (TPSA) is 72.8 Å². The second-order valence-corrected chi connectivity index (χ2v) is 8.43. The summed E-state index contributed by atoms with van der Waals surface area (Å²) in [7, 11) is 1.32. The molecule has 0 radical (unpaired) electrons. The minimum Gasteiger partial charge on any atom is -0.494 e. The standard InChI is InChI=1S/C29H27N3O4/c1-3-36-22-16-14-20(15-17-22)27-26-13-8-18-31(26)25-12-7-4-9-21(25)19-32(27)29(34)30-24-11-6-5-10-23(24)28(33)35-2/h4-18,27H,3,19H2,1-2H3,(H,30,34)/t27-/m1/s1. The van der Waals surface area contributed by atoms with Crippen LogP contribution < -0.4 is 10.1 Å². The van der Waals surface area contributed by atoms with E-state index in [-0.39, 0.29) is 12.1 Å². The molecule has 5 rings (SSSR count). The highest BCUT2D eigenvalue weighted by Crippen LogP contribution is 2.37. The van der Waals surface area contributed by atoms with Gasteiger partial charge in [0.2, 0.25) is 0 Å². The molecule has 0 aliphatic carbocycles. The number of amides is 2. The Morgan fingerprint density at radius 2 is 1.69 bits per heavy atom. The van der Waals surface area contributed by atoms with Crippen molar-refractivity contribution in [3.63, 3.8) is 0 Å². The van der Waals surface area contributed by atoms with Crippen molar-refractivity contribution in [3.8, 4) is 11.4 Å². The molecule has 1 aliphatic rings. The number of ether oxygens (including phenoxy) is 2. The van der Waals surface area contributed by atoms with Crippen LogP contribution in [0.25, 0.3) is 5.69 Å². The number of urea groups is 1. The van der Waals surface area contributed by atoms with Crippen LogP contribution in [0.4, 0.5) is 10.5 Å². The summed E-state index contributed by atoms with van der Waals surface area (Å²) in [6.07, 6.45) is 2.02. The molecule has 2 amide bonds. The van der Waals surface area contributed by atoms with Gasteiger partial charge in [-0.05, 0) is 60.5 Å². The number of nitrogens with zero attached hydrogens (tertiary/aromatic N) is 2. The lowest BCUT2D eigenvalue weighted by molar-refractivity contribution is 0.0602. The van der Waals surface area contributed by atoms with Gasteiger partial charge in [0.05, 0.1) is 43.2 Å². The lowest BCUT2D eigenvalue weighted by Crippen LogP contribution is -2.38. The van der Waals surface area contributed by atoms with E-state index in [0.717, 1.165) is 28.3 Å². The van der Waals surface area contributed by atoms with Crippen LogP contribution in [0.3, 0.4) is 0 Å². The van der Waals surface area contributed by atoms with Gasteiger partial charge in [-0.3, -0.25) is 0 Å². The van der Waals surface area contributed by atoms with Gasteiger partial charge in [0, 0.05) is 11.9 Å². The second-order valence-electron chi connectivity index (χ2n) is 8.43. The summed E-state index contributed by atoms with van der Waals surface area (Å²) in [5.74, 6) is 0.264. The Bertz CT molecular complexity index is 1390. The number of anilines is 1. The Morgan fingerprint density at radius 1 is 0.944 bits per heavy atom. The molecular formula is C29H27N3O4. The van der Waals surface area contributed by atoms with Gasteiger partial charge in [-0.2, -0.15) is 0 Å². The summed E-state index contributed by atoms with van der Waals surface area (Å²) in [6, 6.07) is 26.0. The number of esters is 1. The number of methoxy groups -OCH3 is 1. The molecule has 1 aromatic heterocycles. The lowest BCUT2D eigenvalue weighted by atomic mass is 10.0. The van der Waals surface area contributed by atoms with Crippen molar-refractivity contribution in [2.45, 2.75) is 19.5 Å². The molecule has 7 heteroatoms. The van der Waals surface area contributed by atoms with Gasteiger partial charge < -0.3 is 24.3 Å². The molecule has 3 aromatic carbocycles. The summed E-state index contributed by atoms with van der Waals surface area (Å²) in [6.45, 7) is 2.90. The monoisotopic (exact) mass is 481 g/mol. The zero-order chi connectivity index (χ0) is 25.1. The highest BCUT2D eigenvalue weighted by atomic mass is 16.5. The molecule has 1 atom stereocenters. The minimum absolute atomic E-state index is 0.296. The van der Waals surface area contributed by atoms with Crippen LogP contribution in [-0.4, -0.2) is 35.2 Å². The van der Waals surface area contributed by atoms with E-state index in [4.69, 9.17) is 9.47 Å². The third-order valence-electron chi connectivity index (χ3n) is 6.31. The summed E-state index contributed by atoms with van der Waals surface area (Å²) in [4.78, 5) is 28.0. The van der Waals surface area contributed by atoms with Crippen molar-refractivity contribution in [2.75, 3.05) is 19.0 Å². The number of carbonyl (C=O) groups is 2. The van der Waals surface area contributed by atoms with Crippen LogP contribution >= 0.6 is 0 Å². The van der Waals surface area contributed by atoms with Gasteiger partial charge in [-0.1, -0.05) is 42.5 Å². The van der Waals surface area contributed by atoms with E-state index in [0.29, 0.717) is 24.4 Å². The maximum atomic E-state index is 13.9. The summed E-state index contributed by atoms with van der Waals surface area (Å²) in [5, 5.41) is 2.96. The fraction of sp³-hybridized carbons (Fsp3) is 0.172. The fourth-order valence-corrected chi connectivity index (χ4v) is 4.67. The Kier molecular flexibility index (Phi) is 6.45. The summed E-state index contributed by atoms with van der Waals surface area (Å²) < 4.78 is 12.7. The maximum Gasteiger partial charge on any atom is 0.339 e. The molecule has 182 valence electrons. The van der Waals surface area contributed by atoms with Crippen LogP contribution in [0.15, 0.2) is 91.1 Å². The normalized spacial score (nSPS) is 14.3. The van der Waals surface area contributed by atoms with Crippen molar-refractivity contribution in [1.82, 2.24) is 9.47 Å². The molecule has 1 N–H and O–H groups in total. The number of hydrogen-bond donors (Lipinski definition) is 1. The van der Waals surface area contributed by atoms with Gasteiger partial charge >= 0.3 is 12.0 Å². The van der Waals surface area contributed by atoms with Crippen molar-refractivity contribution in [2.24, 2.45) is 0 Å². The third-order valence-corrected chi connectivity index (χ3v) is 6.31. The number of carbonyl (C=O) groups excluding carboxylic acids is 2. The summed E-state index contributed by atoms with van der Waals surface area (Å²) >= 11 is 0. The average Bonchev–Trinajstić information content (AvgIpc) is 3.33. The quantitative estimate of drug-likeness (QED) is 0.366. The Labute approximate surface area is 209 Å². The molecule has 0 fully saturated rings. The highest BCUT2D eigenvalue weighted by Gasteiger charge is 2.33. The first-order valence-electron chi connectivity index (χ1n) is 11.8. The SMILES string of the molecule is CCOc1ccc([C@@H]2c3cccn3-c3ccccc3CN2C(=O)Nc2ccccc2C(=O)OC)cc1. The largest absolute Gasteiger partial charge is 0.494 e. The van der Waals surface area contributed by atoms with Crippen LogP contribution in [-0.2, 0) is 11.3 Å². The van der Waals surface area contributed by atoms with Gasteiger partial charge in [-0.15, -0.1) is 0 Å². The van der Waals surface area contributed by atoms with E-state index in [2.05, 4.69) is 16.0 Å². The van der Waals surface area contributed by atoms with Crippen LogP contribution in [0.1, 0.15) is 40.1 Å². The number of rotatable bonds is 5. The van der Waals surface area contributed by atoms with Gasteiger partial charge in [0.15, 0.2) is 0 Å². The first-order chi connectivity index (χ1) is 17.6. The van der Waals surface area contributed by atoms with Gasteiger partial charge in [0.25, 0.3) is 0 Å². The van der Waals surface area contributed by atoms with Crippen molar-refractivity contribution < 1.29 is 19.1 Å². The summed E-state index contributed by atoms with van der Waals surface area (Å²) in [5.41, 5.74) is 4.64. The Morgan fingerprint density at radius 3 is 2.47 bits per heavy atom. The molecule has 0 unspecified atom stereocenters. The molecule has 0 saturated carbocycles. The van der Waals surface area contributed by atoms with Crippen molar-refractivity contribution in [1.29, 1.82) is 0 Å². The predicted molar refractivity (Wildman–Crippen MR) is 138 cm³/mol. The van der Waals surface area contributed by atoms with Crippen LogP contribution in [0.2, 0.25) is 0 Å². The molecule has 4 aromatic rings. The number of hydrogen-bond acceptors (Lipinski definition) is 4. The van der Waals surface area contributed by atoms with E-state index in [1.54, 1.807) is 29.2 Å². The molecule has 0 saturated heterocycles. The van der Waals surface area contributed by atoms with Crippen molar-refractivity contribution in [3.05, 3.63) is 114 Å². The smallest absolute Gasteiger partial charge is 0.339 e. The van der Waals surface area contributed by atoms with E-state index >= 15 is 0 Å². The molecule has 36 heavy (non-hydrogen) atoms. The Hall–Kier alpha value is -4.52. The molecule has 7 nitrogen and oxygen atoms in total. The minimum atomic E-state index is -0.510. The lowest BCUT2D eigenvalue weighted by Gasteiger charge is -2.31. The molecule has 0 bridgehead atoms. The zero-order valence-corrected chi connectivity index (χ0v) is 20.2. The highest BCUT2D eigenvalue weighted by molar-refractivity contribution is 6.01. The van der Waals surface area contributed by atoms with Gasteiger partial charge in [0.1, 0.15) is 5.75 Å². The molecule has 1 aliphatic heterocycles. The van der Waals surface area contributed by atoms with E-state index in [9.17, 15) is 9.59 Å². The first-order valence-corrected chi connectivity index (χ1v) is 11.8. The zero-order valence-electron chi connectivity index (χ0n) is 20.2. The van der Waals surface area contributed by atoms with Gasteiger partial charge in [-0.25, -0.2) is 9.59 Å². The van der Waals surface area contributed by atoms with E-state index in [1.165, 1.54) is 7.11 Å². The Balaban J connectivity index is 1.60. The number of nitrogens with one attached hydrogen (secondary N) is 1. The second kappa shape index (κ2) is 10.00. The first kappa shape index (κ1) is 23.2. The number of aromatic nitrogens is 1. The van der Waals surface area contributed by atoms with E-state index in [1.807, 2.05) is 67.7 Å². The number of benzene rings is 3. The van der Waals surface area contributed by atoms with Crippen molar-refractivity contribution >= 4 is 17.7 Å². The fourth-order valence-electron chi connectivity index (χ4n) is 4.67. The van der Waals surface area contributed by atoms with E-state index < -0.39 is 5.97 Å². The average molecular weight is 482 g/mol. The number of para-hydroxylation sites is 2. The maximum absolute atomic E-state index is 13.9. The van der Waals surface area contributed by atoms with Crippen LogP contribution in [0, 0.1) is 0 Å². The molecule has 2 heterocycles.